The van der Waals surface area contributed by atoms with Crippen LogP contribution in [-0.4, -0.2) is 23.0 Å². The van der Waals surface area contributed by atoms with Gasteiger partial charge in [-0.3, -0.25) is 4.79 Å². The molecule has 0 aromatic carbocycles. The van der Waals surface area contributed by atoms with Gasteiger partial charge in [0, 0.05) is 17.6 Å². The Morgan fingerprint density at radius 1 is 1.35 bits per heavy atom. The summed E-state index contributed by atoms with van der Waals surface area (Å²) < 4.78 is 18.6. The molecule has 1 N–H and O–H groups in total. The van der Waals surface area contributed by atoms with Crippen molar-refractivity contribution in [2.75, 3.05) is 12.4 Å². The van der Waals surface area contributed by atoms with Crippen molar-refractivity contribution in [3.8, 4) is 5.88 Å². The molecule has 4 rings (SSSR count). The van der Waals surface area contributed by atoms with E-state index in [1.54, 1.807) is 6.20 Å². The van der Waals surface area contributed by atoms with Crippen molar-refractivity contribution >= 4 is 22.2 Å². The first-order chi connectivity index (χ1) is 12.6. The number of nitrogens with one attached hydrogen (secondary N) is 1. The Hall–Kier alpha value is -2.28. The first-order valence-electron chi connectivity index (χ1n) is 8.78. The molecule has 5 nitrogen and oxygen atoms in total. The molecule has 1 amide bonds. The van der Waals surface area contributed by atoms with Gasteiger partial charge in [0.05, 0.1) is 24.5 Å². The van der Waals surface area contributed by atoms with E-state index in [9.17, 15) is 9.18 Å². The third-order valence-corrected chi connectivity index (χ3v) is 5.45. The molecule has 0 unspecified atom stereocenters. The second-order valence-electron chi connectivity index (χ2n) is 6.80. The smallest absolute Gasteiger partial charge is 0.252 e. The zero-order valence-corrected chi connectivity index (χ0v) is 15.3. The zero-order chi connectivity index (χ0) is 18.1. The van der Waals surface area contributed by atoms with Crippen molar-refractivity contribution in [1.82, 2.24) is 9.97 Å². The van der Waals surface area contributed by atoms with Crippen LogP contribution in [0.1, 0.15) is 36.3 Å². The number of rotatable bonds is 7. The van der Waals surface area contributed by atoms with Gasteiger partial charge < -0.3 is 10.1 Å². The van der Waals surface area contributed by atoms with Crippen LogP contribution in [-0.2, 0) is 11.2 Å². The Labute approximate surface area is 155 Å². The standard InChI is InChI=1S/C19H20FN3O2S/c1-25-19-13(7-14(20)9-22-19)8-16-21-10-17(26-16)23-18(24)15(12-4-5-12)6-11-2-3-11/h6-7,9-12H,2-5,8H2,1H3,(H,23,24). The van der Waals surface area contributed by atoms with Gasteiger partial charge in [0.15, 0.2) is 0 Å². The van der Waals surface area contributed by atoms with E-state index in [-0.39, 0.29) is 5.91 Å². The number of anilines is 1. The van der Waals surface area contributed by atoms with Crippen LogP contribution in [0.4, 0.5) is 9.39 Å². The zero-order valence-electron chi connectivity index (χ0n) is 14.5. The predicted molar refractivity (Wildman–Crippen MR) is 97.8 cm³/mol. The predicted octanol–water partition coefficient (Wildman–Crippen LogP) is 3.96. The van der Waals surface area contributed by atoms with E-state index >= 15 is 0 Å². The molecule has 0 aliphatic heterocycles. The lowest BCUT2D eigenvalue weighted by Crippen LogP contribution is -2.15. The molecule has 0 spiro atoms. The number of thiazole rings is 1. The number of pyridine rings is 1. The van der Waals surface area contributed by atoms with Crippen molar-refractivity contribution in [1.29, 1.82) is 0 Å². The minimum atomic E-state index is -0.412. The molecule has 2 fully saturated rings. The summed E-state index contributed by atoms with van der Waals surface area (Å²) in [5, 5.41) is 4.44. The fourth-order valence-electron chi connectivity index (χ4n) is 2.88. The number of amides is 1. The van der Waals surface area contributed by atoms with E-state index in [1.807, 2.05) is 0 Å². The summed E-state index contributed by atoms with van der Waals surface area (Å²) >= 11 is 1.39. The lowest BCUT2D eigenvalue weighted by atomic mass is 10.1. The molecule has 136 valence electrons. The molecule has 2 aromatic rings. The molecular formula is C19H20FN3O2S. The number of methoxy groups -OCH3 is 1. The van der Waals surface area contributed by atoms with Gasteiger partial charge in [0.25, 0.3) is 5.91 Å². The number of carbonyl (C=O) groups is 1. The lowest BCUT2D eigenvalue weighted by molar-refractivity contribution is -0.113. The van der Waals surface area contributed by atoms with Gasteiger partial charge in [0.1, 0.15) is 10.8 Å². The maximum absolute atomic E-state index is 13.4. The van der Waals surface area contributed by atoms with Crippen molar-refractivity contribution in [3.63, 3.8) is 0 Å². The van der Waals surface area contributed by atoms with E-state index in [0.717, 1.165) is 29.6 Å². The Balaban J connectivity index is 1.45. The van der Waals surface area contributed by atoms with Gasteiger partial charge in [0.2, 0.25) is 5.88 Å². The number of ether oxygens (including phenoxy) is 1. The third kappa shape index (κ3) is 4.09. The van der Waals surface area contributed by atoms with Crippen molar-refractivity contribution in [2.45, 2.75) is 32.1 Å². The van der Waals surface area contributed by atoms with E-state index < -0.39 is 5.82 Å². The number of nitrogens with zero attached hydrogens (tertiary/aromatic N) is 2. The number of halogens is 1. The quantitative estimate of drug-likeness (QED) is 0.746. The lowest BCUT2D eigenvalue weighted by Gasteiger charge is -2.06. The first kappa shape index (κ1) is 17.1. The van der Waals surface area contributed by atoms with Gasteiger partial charge in [-0.25, -0.2) is 14.4 Å². The minimum absolute atomic E-state index is 0.0143. The van der Waals surface area contributed by atoms with Crippen molar-refractivity contribution < 1.29 is 13.9 Å². The highest BCUT2D eigenvalue weighted by Crippen LogP contribution is 2.41. The molecular weight excluding hydrogens is 353 g/mol. The molecule has 2 aromatic heterocycles. The summed E-state index contributed by atoms with van der Waals surface area (Å²) in [5.74, 6) is 0.965. The van der Waals surface area contributed by atoms with Gasteiger partial charge in [-0.1, -0.05) is 6.08 Å². The number of hydrogen-bond acceptors (Lipinski definition) is 5. The van der Waals surface area contributed by atoms with Crippen molar-refractivity contribution in [3.05, 3.63) is 46.5 Å². The average Bonchev–Trinajstić information content (AvgIpc) is 3.53. The maximum atomic E-state index is 13.4. The molecule has 26 heavy (non-hydrogen) atoms. The Morgan fingerprint density at radius 2 is 2.15 bits per heavy atom. The molecule has 2 saturated carbocycles. The molecule has 2 aliphatic carbocycles. The Kier molecular flexibility index (Phi) is 4.72. The minimum Gasteiger partial charge on any atom is -0.481 e. The first-order valence-corrected chi connectivity index (χ1v) is 9.60. The highest BCUT2D eigenvalue weighted by Gasteiger charge is 2.33. The molecule has 2 heterocycles. The Morgan fingerprint density at radius 3 is 2.85 bits per heavy atom. The van der Waals surface area contributed by atoms with Gasteiger partial charge in [-0.05, 0) is 43.6 Å². The topological polar surface area (TPSA) is 64.1 Å². The summed E-state index contributed by atoms with van der Waals surface area (Å²) in [4.78, 5) is 20.9. The van der Waals surface area contributed by atoms with Gasteiger partial charge in [-0.15, -0.1) is 11.3 Å². The summed E-state index contributed by atoms with van der Waals surface area (Å²) in [6.45, 7) is 0. The van der Waals surface area contributed by atoms with Crippen LogP contribution in [0.15, 0.2) is 30.1 Å². The summed E-state index contributed by atoms with van der Waals surface area (Å²) in [6.07, 6.45) is 9.92. The van der Waals surface area contributed by atoms with Crippen LogP contribution in [0.5, 0.6) is 5.88 Å². The summed E-state index contributed by atoms with van der Waals surface area (Å²) in [6, 6.07) is 1.40. The highest BCUT2D eigenvalue weighted by molar-refractivity contribution is 7.15. The van der Waals surface area contributed by atoms with Crippen LogP contribution in [0, 0.1) is 17.7 Å². The second kappa shape index (κ2) is 7.15. The van der Waals surface area contributed by atoms with Crippen LogP contribution >= 0.6 is 11.3 Å². The molecule has 0 radical (unpaired) electrons. The monoisotopic (exact) mass is 373 g/mol. The SMILES string of the molecule is COc1ncc(F)cc1Cc1ncc(NC(=O)C(=CC2CC2)C2CC2)s1. The van der Waals surface area contributed by atoms with E-state index in [1.165, 1.54) is 37.4 Å². The molecule has 0 atom stereocenters. The van der Waals surface area contributed by atoms with E-state index in [4.69, 9.17) is 4.74 Å². The molecule has 0 bridgehead atoms. The van der Waals surface area contributed by atoms with E-state index in [0.29, 0.717) is 34.7 Å². The van der Waals surface area contributed by atoms with Gasteiger partial charge >= 0.3 is 0 Å². The maximum Gasteiger partial charge on any atom is 0.252 e. The van der Waals surface area contributed by atoms with Crippen LogP contribution in [0.25, 0.3) is 0 Å². The molecule has 2 aliphatic rings. The summed E-state index contributed by atoms with van der Waals surface area (Å²) in [7, 11) is 1.50. The summed E-state index contributed by atoms with van der Waals surface area (Å²) in [5.41, 5.74) is 1.56. The van der Waals surface area contributed by atoms with Crippen LogP contribution in [0.3, 0.4) is 0 Å². The number of allylic oxidation sites excluding steroid dienone is 1. The number of aromatic nitrogens is 2. The number of hydrogen-bond donors (Lipinski definition) is 1. The van der Waals surface area contributed by atoms with Crippen molar-refractivity contribution in [2.24, 2.45) is 11.8 Å². The second-order valence-corrected chi connectivity index (χ2v) is 7.92. The van der Waals surface area contributed by atoms with E-state index in [2.05, 4.69) is 21.4 Å². The average molecular weight is 373 g/mol. The molecule has 7 heteroatoms. The van der Waals surface area contributed by atoms with Crippen LogP contribution < -0.4 is 10.1 Å². The largest absolute Gasteiger partial charge is 0.481 e. The van der Waals surface area contributed by atoms with Gasteiger partial charge in [-0.2, -0.15) is 0 Å². The fourth-order valence-corrected chi connectivity index (χ4v) is 3.72. The van der Waals surface area contributed by atoms with Crippen LogP contribution in [0.2, 0.25) is 0 Å². The normalized spacial score (nSPS) is 17.2. The molecule has 0 saturated heterocycles. The Bertz CT molecular complexity index is 856. The highest BCUT2D eigenvalue weighted by atomic mass is 32.1. The fraction of sp³-hybridized carbons (Fsp3) is 0.421. The number of carbonyl (C=O) groups excluding carboxylic acids is 1. The third-order valence-electron chi connectivity index (χ3n) is 4.53.